The van der Waals surface area contributed by atoms with Gasteiger partial charge < -0.3 is 9.30 Å². The summed E-state index contributed by atoms with van der Waals surface area (Å²) in [4.78, 5) is 23.8. The second-order valence-corrected chi connectivity index (χ2v) is 4.45. The van der Waals surface area contributed by atoms with Crippen LogP contribution < -0.4 is 0 Å². The largest absolute Gasteiger partial charge is 0.466 e. The zero-order chi connectivity index (χ0) is 14.5. The molecule has 0 saturated heterocycles. The molecule has 0 N–H and O–H groups in total. The Bertz CT molecular complexity index is 614. The van der Waals surface area contributed by atoms with Crippen molar-refractivity contribution in [2.45, 2.75) is 13.3 Å². The highest BCUT2D eigenvalue weighted by atomic mass is 16.5. The minimum absolute atomic E-state index is 0.0526. The van der Waals surface area contributed by atoms with Crippen LogP contribution in [-0.2, 0) is 23.0 Å². The minimum atomic E-state index is -0.285. The van der Waals surface area contributed by atoms with Crippen molar-refractivity contribution >= 4 is 11.8 Å². The molecule has 4 nitrogen and oxygen atoms in total. The zero-order valence-electron chi connectivity index (χ0n) is 11.6. The first-order valence-electron chi connectivity index (χ1n) is 6.53. The van der Waals surface area contributed by atoms with E-state index >= 15 is 0 Å². The molecule has 1 heterocycles. The molecule has 4 heteroatoms. The maximum absolute atomic E-state index is 12.4. The summed E-state index contributed by atoms with van der Waals surface area (Å²) >= 11 is 0. The molecule has 0 radical (unpaired) electrons. The Morgan fingerprint density at radius 2 is 1.80 bits per heavy atom. The summed E-state index contributed by atoms with van der Waals surface area (Å²) in [6.07, 6.45) is 0.173. The number of hydrogen-bond donors (Lipinski definition) is 0. The lowest BCUT2D eigenvalue weighted by Gasteiger charge is -2.07. The molecule has 0 amide bonds. The first-order valence-corrected chi connectivity index (χ1v) is 6.53. The van der Waals surface area contributed by atoms with Crippen molar-refractivity contribution in [2.24, 2.45) is 7.05 Å². The Balaban J connectivity index is 2.21. The van der Waals surface area contributed by atoms with Crippen molar-refractivity contribution in [3.63, 3.8) is 0 Å². The number of ketones is 1. The number of esters is 1. The van der Waals surface area contributed by atoms with Crippen molar-refractivity contribution < 1.29 is 14.3 Å². The van der Waals surface area contributed by atoms with Crippen molar-refractivity contribution in [1.29, 1.82) is 0 Å². The summed E-state index contributed by atoms with van der Waals surface area (Å²) in [6.45, 7) is 2.13. The second-order valence-electron chi connectivity index (χ2n) is 4.45. The number of aromatic nitrogens is 1. The number of carbonyl (C=O) groups is 2. The number of hydrogen-bond acceptors (Lipinski definition) is 3. The Morgan fingerprint density at radius 1 is 1.10 bits per heavy atom. The molecule has 0 fully saturated rings. The van der Waals surface area contributed by atoms with E-state index in [4.69, 9.17) is 4.74 Å². The van der Waals surface area contributed by atoms with Gasteiger partial charge in [0.25, 0.3) is 0 Å². The molecule has 1 aromatic carbocycles. The quantitative estimate of drug-likeness (QED) is 0.619. The van der Waals surface area contributed by atoms with Crippen molar-refractivity contribution in [3.8, 4) is 0 Å². The third-order valence-electron chi connectivity index (χ3n) is 3.13. The molecule has 0 saturated carbocycles. The van der Waals surface area contributed by atoms with E-state index in [0.717, 1.165) is 5.69 Å². The highest BCUT2D eigenvalue weighted by Gasteiger charge is 2.16. The molecule has 0 aliphatic carbocycles. The fourth-order valence-corrected chi connectivity index (χ4v) is 2.06. The first-order chi connectivity index (χ1) is 9.63. The maximum Gasteiger partial charge on any atom is 0.311 e. The molecule has 2 rings (SSSR count). The summed E-state index contributed by atoms with van der Waals surface area (Å²) < 4.78 is 6.66. The van der Waals surface area contributed by atoms with E-state index < -0.39 is 0 Å². The van der Waals surface area contributed by atoms with Gasteiger partial charge in [-0.15, -0.1) is 0 Å². The van der Waals surface area contributed by atoms with Crippen LogP contribution in [0.2, 0.25) is 0 Å². The Kier molecular flexibility index (Phi) is 4.35. The van der Waals surface area contributed by atoms with Gasteiger partial charge in [-0.3, -0.25) is 9.59 Å². The molecule has 20 heavy (non-hydrogen) atoms. The highest BCUT2D eigenvalue weighted by Crippen LogP contribution is 2.14. The Hall–Kier alpha value is -2.36. The van der Waals surface area contributed by atoms with Crippen LogP contribution in [0, 0.1) is 0 Å². The monoisotopic (exact) mass is 271 g/mol. The topological polar surface area (TPSA) is 48.3 Å². The molecule has 1 aromatic heterocycles. The predicted molar refractivity (Wildman–Crippen MR) is 75.6 cm³/mol. The van der Waals surface area contributed by atoms with Gasteiger partial charge in [0.1, 0.15) is 0 Å². The lowest BCUT2D eigenvalue weighted by molar-refractivity contribution is -0.142. The van der Waals surface area contributed by atoms with Crippen LogP contribution in [0.5, 0.6) is 0 Å². The van der Waals surface area contributed by atoms with E-state index in [-0.39, 0.29) is 18.2 Å². The SMILES string of the molecule is CCOC(=O)Cc1ccc(C(=O)c2ccccc2)n1C. The molecule has 0 aliphatic rings. The van der Waals surface area contributed by atoms with Gasteiger partial charge in [-0.1, -0.05) is 30.3 Å². The van der Waals surface area contributed by atoms with Gasteiger partial charge in [0.15, 0.2) is 0 Å². The van der Waals surface area contributed by atoms with Crippen LogP contribution >= 0.6 is 0 Å². The van der Waals surface area contributed by atoms with Gasteiger partial charge in [-0.05, 0) is 19.1 Å². The van der Waals surface area contributed by atoms with E-state index in [1.807, 2.05) is 18.2 Å². The summed E-state index contributed by atoms with van der Waals surface area (Å²) in [5, 5.41) is 0. The van der Waals surface area contributed by atoms with Crippen LogP contribution in [0.3, 0.4) is 0 Å². The third-order valence-corrected chi connectivity index (χ3v) is 3.13. The van der Waals surface area contributed by atoms with Crippen LogP contribution in [0.4, 0.5) is 0 Å². The van der Waals surface area contributed by atoms with Gasteiger partial charge in [-0.2, -0.15) is 0 Å². The lowest BCUT2D eigenvalue weighted by Crippen LogP contribution is -2.13. The van der Waals surface area contributed by atoms with Crippen molar-refractivity contribution in [3.05, 3.63) is 59.4 Å². The number of benzene rings is 1. The van der Waals surface area contributed by atoms with E-state index in [2.05, 4.69) is 0 Å². The predicted octanol–water partition coefficient (Wildman–Crippen LogP) is 2.36. The number of rotatable bonds is 5. The van der Waals surface area contributed by atoms with E-state index in [9.17, 15) is 9.59 Å². The average Bonchev–Trinajstić information content (AvgIpc) is 2.81. The molecule has 0 aliphatic heterocycles. The van der Waals surface area contributed by atoms with Gasteiger partial charge in [0.2, 0.25) is 5.78 Å². The minimum Gasteiger partial charge on any atom is -0.466 e. The van der Waals surface area contributed by atoms with Crippen LogP contribution in [0.25, 0.3) is 0 Å². The third kappa shape index (κ3) is 2.96. The maximum atomic E-state index is 12.4. The van der Waals surface area contributed by atoms with E-state index in [1.54, 1.807) is 42.8 Å². The molecular weight excluding hydrogens is 254 g/mol. The highest BCUT2D eigenvalue weighted by molar-refractivity contribution is 6.08. The molecule has 0 unspecified atom stereocenters. The lowest BCUT2D eigenvalue weighted by atomic mass is 10.1. The fraction of sp³-hybridized carbons (Fsp3) is 0.250. The van der Waals surface area contributed by atoms with E-state index in [1.165, 1.54) is 0 Å². The molecule has 104 valence electrons. The van der Waals surface area contributed by atoms with Crippen LogP contribution in [0.15, 0.2) is 42.5 Å². The van der Waals surface area contributed by atoms with Crippen molar-refractivity contribution in [2.75, 3.05) is 6.61 Å². The summed E-state index contributed by atoms with van der Waals surface area (Å²) in [5.41, 5.74) is 1.97. The Morgan fingerprint density at radius 3 is 2.45 bits per heavy atom. The first kappa shape index (κ1) is 14.1. The zero-order valence-corrected chi connectivity index (χ0v) is 11.6. The average molecular weight is 271 g/mol. The standard InChI is InChI=1S/C16H17NO3/c1-3-20-15(18)11-13-9-10-14(17(13)2)16(19)12-7-5-4-6-8-12/h4-10H,3,11H2,1-2H3. The van der Waals surface area contributed by atoms with Crippen molar-refractivity contribution in [1.82, 2.24) is 4.57 Å². The molecule has 2 aromatic rings. The second kappa shape index (κ2) is 6.19. The van der Waals surface area contributed by atoms with Crippen LogP contribution in [-0.4, -0.2) is 22.9 Å². The fourth-order valence-electron chi connectivity index (χ4n) is 2.06. The number of carbonyl (C=O) groups excluding carboxylic acids is 2. The summed E-state index contributed by atoms with van der Waals surface area (Å²) in [5.74, 6) is -0.337. The molecule has 0 atom stereocenters. The van der Waals surface area contributed by atoms with Gasteiger partial charge in [0, 0.05) is 18.3 Å². The van der Waals surface area contributed by atoms with Crippen LogP contribution in [0.1, 0.15) is 28.7 Å². The summed E-state index contributed by atoms with van der Waals surface area (Å²) in [6, 6.07) is 12.6. The smallest absolute Gasteiger partial charge is 0.311 e. The molecular formula is C16H17NO3. The summed E-state index contributed by atoms with van der Waals surface area (Å²) in [7, 11) is 1.78. The molecule has 0 bridgehead atoms. The molecule has 0 spiro atoms. The van der Waals surface area contributed by atoms with Gasteiger partial charge >= 0.3 is 5.97 Å². The number of ether oxygens (including phenoxy) is 1. The number of nitrogens with zero attached hydrogens (tertiary/aromatic N) is 1. The van der Waals surface area contributed by atoms with Gasteiger partial charge in [-0.25, -0.2) is 0 Å². The van der Waals surface area contributed by atoms with E-state index in [0.29, 0.717) is 17.9 Å². The normalized spacial score (nSPS) is 10.3. The Labute approximate surface area is 118 Å². The van der Waals surface area contributed by atoms with Gasteiger partial charge in [0.05, 0.1) is 18.7 Å².